The highest BCUT2D eigenvalue weighted by Gasteiger charge is 2.22. The molecule has 1 aromatic carbocycles. The number of hydrogen-bond donors (Lipinski definition) is 1. The van der Waals surface area contributed by atoms with Crippen molar-refractivity contribution < 1.29 is 24.2 Å². The summed E-state index contributed by atoms with van der Waals surface area (Å²) in [6.07, 6.45) is 0. The number of esters is 2. The van der Waals surface area contributed by atoms with Crippen molar-refractivity contribution in [1.29, 1.82) is 0 Å². The zero-order valence-corrected chi connectivity index (χ0v) is 9.02. The van der Waals surface area contributed by atoms with Gasteiger partial charge in [0.15, 0.2) is 0 Å². The number of hydrogen-bond acceptors (Lipinski definition) is 5. The lowest BCUT2D eigenvalue weighted by Crippen LogP contribution is -2.13. The van der Waals surface area contributed by atoms with Gasteiger partial charge in [-0.25, -0.2) is 9.59 Å². The molecule has 0 aliphatic rings. The highest BCUT2D eigenvalue weighted by molar-refractivity contribution is 6.05. The molecule has 5 heteroatoms. The minimum Gasteiger partial charge on any atom is -0.507 e. The van der Waals surface area contributed by atoms with Gasteiger partial charge in [0.25, 0.3) is 0 Å². The molecule has 0 amide bonds. The molecule has 0 bridgehead atoms. The predicted octanol–water partition coefficient (Wildman–Crippen LogP) is 1.36. The van der Waals surface area contributed by atoms with Crippen molar-refractivity contribution in [3.05, 3.63) is 29.3 Å². The quantitative estimate of drug-likeness (QED) is 0.784. The maximum absolute atomic E-state index is 11.5. The van der Waals surface area contributed by atoms with Gasteiger partial charge < -0.3 is 14.6 Å². The van der Waals surface area contributed by atoms with Crippen LogP contribution in [0.5, 0.6) is 5.75 Å². The molecule has 0 aromatic heterocycles. The van der Waals surface area contributed by atoms with Crippen molar-refractivity contribution in [2.24, 2.45) is 0 Å². The normalized spacial score (nSPS) is 9.62. The minimum absolute atomic E-state index is 0.0130. The Morgan fingerprint density at radius 2 is 2.00 bits per heavy atom. The van der Waals surface area contributed by atoms with E-state index in [-0.39, 0.29) is 23.5 Å². The van der Waals surface area contributed by atoms with Crippen molar-refractivity contribution in [2.45, 2.75) is 6.92 Å². The number of benzene rings is 1. The van der Waals surface area contributed by atoms with Crippen LogP contribution < -0.4 is 0 Å². The predicted molar refractivity (Wildman–Crippen MR) is 55.4 cm³/mol. The minimum atomic E-state index is -0.749. The van der Waals surface area contributed by atoms with E-state index in [0.717, 1.165) is 0 Å². The van der Waals surface area contributed by atoms with Crippen molar-refractivity contribution in [2.75, 3.05) is 13.7 Å². The average molecular weight is 224 g/mol. The molecule has 16 heavy (non-hydrogen) atoms. The smallest absolute Gasteiger partial charge is 0.342 e. The van der Waals surface area contributed by atoms with Crippen LogP contribution in [0.3, 0.4) is 0 Å². The second kappa shape index (κ2) is 5.16. The van der Waals surface area contributed by atoms with Crippen LogP contribution in [0.4, 0.5) is 0 Å². The molecular formula is C11H12O5. The second-order valence-corrected chi connectivity index (χ2v) is 2.91. The monoisotopic (exact) mass is 224 g/mol. The Kier molecular flexibility index (Phi) is 3.88. The van der Waals surface area contributed by atoms with Gasteiger partial charge in [-0.3, -0.25) is 0 Å². The Labute approximate surface area is 92.6 Å². The van der Waals surface area contributed by atoms with Crippen LogP contribution in [0.1, 0.15) is 27.6 Å². The van der Waals surface area contributed by atoms with Crippen LogP contribution in [-0.2, 0) is 9.47 Å². The zero-order chi connectivity index (χ0) is 12.1. The van der Waals surface area contributed by atoms with E-state index in [1.807, 2.05) is 0 Å². The number of carbonyl (C=O) groups is 2. The lowest BCUT2D eigenvalue weighted by molar-refractivity contribution is 0.0500. The molecule has 1 rings (SSSR count). The van der Waals surface area contributed by atoms with E-state index in [9.17, 15) is 14.7 Å². The van der Waals surface area contributed by atoms with Gasteiger partial charge in [0.2, 0.25) is 0 Å². The van der Waals surface area contributed by atoms with Crippen LogP contribution >= 0.6 is 0 Å². The summed E-state index contributed by atoms with van der Waals surface area (Å²) in [7, 11) is 1.20. The van der Waals surface area contributed by atoms with Crippen LogP contribution in [0.25, 0.3) is 0 Å². The van der Waals surface area contributed by atoms with E-state index in [1.165, 1.54) is 25.3 Å². The maximum Gasteiger partial charge on any atom is 0.342 e. The number of phenolic OH excluding ortho intramolecular Hbond substituents is 1. The fourth-order valence-corrected chi connectivity index (χ4v) is 1.24. The van der Waals surface area contributed by atoms with E-state index in [0.29, 0.717) is 0 Å². The van der Waals surface area contributed by atoms with Gasteiger partial charge in [-0.05, 0) is 19.1 Å². The Morgan fingerprint density at radius 3 is 2.56 bits per heavy atom. The van der Waals surface area contributed by atoms with Gasteiger partial charge in [0.1, 0.15) is 11.3 Å². The van der Waals surface area contributed by atoms with E-state index in [1.54, 1.807) is 6.92 Å². The summed E-state index contributed by atoms with van der Waals surface area (Å²) in [5.74, 6) is -1.75. The van der Waals surface area contributed by atoms with E-state index in [2.05, 4.69) is 4.74 Å². The Morgan fingerprint density at radius 1 is 1.31 bits per heavy atom. The molecule has 0 spiro atoms. The van der Waals surface area contributed by atoms with E-state index in [4.69, 9.17) is 4.74 Å². The van der Waals surface area contributed by atoms with Crippen molar-refractivity contribution in [3.63, 3.8) is 0 Å². The van der Waals surface area contributed by atoms with E-state index >= 15 is 0 Å². The Hall–Kier alpha value is -2.04. The molecule has 1 N–H and O–H groups in total. The zero-order valence-electron chi connectivity index (χ0n) is 9.02. The lowest BCUT2D eigenvalue weighted by Gasteiger charge is -2.08. The first kappa shape index (κ1) is 12.0. The first-order chi connectivity index (χ1) is 7.61. The van der Waals surface area contributed by atoms with Crippen LogP contribution in [0.15, 0.2) is 18.2 Å². The molecule has 0 radical (unpaired) electrons. The van der Waals surface area contributed by atoms with Crippen LogP contribution in [0, 0.1) is 0 Å². The number of phenols is 1. The molecule has 0 heterocycles. The Balaban J connectivity index is 3.23. The third kappa shape index (κ3) is 2.31. The summed E-state index contributed by atoms with van der Waals surface area (Å²) < 4.78 is 9.24. The van der Waals surface area contributed by atoms with Gasteiger partial charge >= 0.3 is 11.9 Å². The topological polar surface area (TPSA) is 72.8 Å². The number of carbonyl (C=O) groups excluding carboxylic acids is 2. The summed E-state index contributed by atoms with van der Waals surface area (Å²) >= 11 is 0. The average Bonchev–Trinajstić information content (AvgIpc) is 2.27. The van der Waals surface area contributed by atoms with Crippen LogP contribution in [-0.4, -0.2) is 30.8 Å². The summed E-state index contributed by atoms with van der Waals surface area (Å²) in [5, 5.41) is 9.52. The standard InChI is InChI=1S/C11H12O5/c1-3-16-11(14)9-7(10(13)15-2)5-4-6-8(9)12/h4-6,12H,3H2,1-2H3. The van der Waals surface area contributed by atoms with Crippen molar-refractivity contribution in [3.8, 4) is 5.75 Å². The highest BCUT2D eigenvalue weighted by atomic mass is 16.5. The molecule has 1 aromatic rings. The molecule has 0 aliphatic heterocycles. The summed E-state index contributed by atoms with van der Waals surface area (Å²) in [6.45, 7) is 1.80. The largest absolute Gasteiger partial charge is 0.507 e. The summed E-state index contributed by atoms with van der Waals surface area (Å²) in [5.41, 5.74) is -0.183. The molecule has 0 saturated heterocycles. The van der Waals surface area contributed by atoms with Crippen molar-refractivity contribution in [1.82, 2.24) is 0 Å². The van der Waals surface area contributed by atoms with Gasteiger partial charge in [0.05, 0.1) is 19.3 Å². The number of aromatic hydroxyl groups is 1. The summed E-state index contributed by atoms with van der Waals surface area (Å²) in [4.78, 5) is 22.9. The molecule has 0 atom stereocenters. The van der Waals surface area contributed by atoms with Crippen LogP contribution in [0.2, 0.25) is 0 Å². The Bertz CT molecular complexity index is 411. The number of methoxy groups -OCH3 is 1. The second-order valence-electron chi connectivity index (χ2n) is 2.91. The molecule has 86 valence electrons. The van der Waals surface area contributed by atoms with Gasteiger partial charge in [-0.2, -0.15) is 0 Å². The van der Waals surface area contributed by atoms with Gasteiger partial charge in [0, 0.05) is 0 Å². The number of ether oxygens (including phenoxy) is 2. The van der Waals surface area contributed by atoms with E-state index < -0.39 is 11.9 Å². The fraction of sp³-hybridized carbons (Fsp3) is 0.273. The SMILES string of the molecule is CCOC(=O)c1c(O)cccc1C(=O)OC. The number of rotatable bonds is 3. The highest BCUT2D eigenvalue weighted by Crippen LogP contribution is 2.22. The third-order valence-electron chi connectivity index (χ3n) is 1.93. The fourth-order valence-electron chi connectivity index (χ4n) is 1.24. The molecular weight excluding hydrogens is 212 g/mol. The maximum atomic E-state index is 11.5. The van der Waals surface area contributed by atoms with Gasteiger partial charge in [-0.15, -0.1) is 0 Å². The summed E-state index contributed by atoms with van der Waals surface area (Å²) in [6, 6.07) is 4.14. The molecule has 0 fully saturated rings. The first-order valence-corrected chi connectivity index (χ1v) is 4.69. The van der Waals surface area contributed by atoms with Crippen molar-refractivity contribution >= 4 is 11.9 Å². The van der Waals surface area contributed by atoms with Gasteiger partial charge in [-0.1, -0.05) is 6.07 Å². The molecule has 0 saturated carbocycles. The first-order valence-electron chi connectivity index (χ1n) is 4.69. The third-order valence-corrected chi connectivity index (χ3v) is 1.93. The lowest BCUT2D eigenvalue weighted by atomic mass is 10.1. The molecule has 5 nitrogen and oxygen atoms in total. The molecule has 0 aliphatic carbocycles. The molecule has 0 unspecified atom stereocenters.